The monoisotopic (exact) mass is 440 g/mol. The van der Waals surface area contributed by atoms with Crippen LogP contribution >= 0.6 is 15.9 Å². The highest BCUT2D eigenvalue weighted by molar-refractivity contribution is 9.10. The minimum Gasteiger partial charge on any atom is -0.497 e. The van der Waals surface area contributed by atoms with Crippen LogP contribution in [0.15, 0.2) is 34.8 Å². The van der Waals surface area contributed by atoms with Gasteiger partial charge in [-0.2, -0.15) is 0 Å². The van der Waals surface area contributed by atoms with Crippen LogP contribution in [0, 0.1) is 0 Å². The van der Waals surface area contributed by atoms with Crippen molar-refractivity contribution >= 4 is 15.9 Å². The summed E-state index contributed by atoms with van der Waals surface area (Å²) >= 11 is 3.66. The zero-order chi connectivity index (χ0) is 19.8. The van der Waals surface area contributed by atoms with Gasteiger partial charge in [-0.1, -0.05) is 12.1 Å². The van der Waals surface area contributed by atoms with Crippen molar-refractivity contribution in [2.75, 3.05) is 42.0 Å². The van der Waals surface area contributed by atoms with Crippen LogP contribution in [0.5, 0.6) is 17.2 Å². The summed E-state index contributed by atoms with van der Waals surface area (Å²) in [4.78, 5) is 0. The average Bonchev–Trinajstić information content (AvgIpc) is 2.70. The molecule has 0 spiro atoms. The molecule has 0 bridgehead atoms. The highest BCUT2D eigenvalue weighted by Crippen LogP contribution is 2.47. The first-order valence-corrected chi connectivity index (χ1v) is 9.13. The minimum absolute atomic E-state index is 0.100. The summed E-state index contributed by atoms with van der Waals surface area (Å²) in [5.41, 5.74) is 2.70. The Labute approximate surface area is 168 Å². The standard InChI is InChI=1S/C20H25BrO6/c1-13(24-4)18-19(14-7-6-8-15(9-14)25-5)16(26-11-22-2)10-17(20(18)21)27-12-23-3/h6-10,13H,11-12H2,1-5H3. The van der Waals surface area contributed by atoms with E-state index in [9.17, 15) is 0 Å². The third-order valence-corrected chi connectivity index (χ3v) is 4.83. The molecule has 2 aromatic carbocycles. The fraction of sp³-hybridized carbons (Fsp3) is 0.400. The molecule has 0 radical (unpaired) electrons. The zero-order valence-electron chi connectivity index (χ0n) is 16.2. The van der Waals surface area contributed by atoms with Crippen LogP contribution < -0.4 is 14.2 Å². The van der Waals surface area contributed by atoms with Crippen LogP contribution in [0.2, 0.25) is 0 Å². The maximum Gasteiger partial charge on any atom is 0.188 e. The summed E-state index contributed by atoms with van der Waals surface area (Å²) in [5, 5.41) is 0. The van der Waals surface area contributed by atoms with Crippen LogP contribution in [0.25, 0.3) is 11.1 Å². The number of ether oxygens (including phenoxy) is 6. The summed E-state index contributed by atoms with van der Waals surface area (Å²) in [7, 11) is 6.44. The van der Waals surface area contributed by atoms with E-state index in [1.807, 2.05) is 37.3 Å². The topological polar surface area (TPSA) is 55.4 Å². The van der Waals surface area contributed by atoms with Gasteiger partial charge in [-0.15, -0.1) is 0 Å². The van der Waals surface area contributed by atoms with E-state index in [-0.39, 0.29) is 19.7 Å². The molecule has 0 heterocycles. The molecule has 0 aliphatic heterocycles. The third kappa shape index (κ3) is 5.13. The molecule has 7 heteroatoms. The highest BCUT2D eigenvalue weighted by Gasteiger charge is 2.24. The molecule has 1 atom stereocenters. The highest BCUT2D eigenvalue weighted by atomic mass is 79.9. The first kappa shape index (κ1) is 21.5. The molecule has 0 fully saturated rings. The molecule has 1 unspecified atom stereocenters. The average molecular weight is 441 g/mol. The lowest BCUT2D eigenvalue weighted by atomic mass is 9.95. The van der Waals surface area contributed by atoms with E-state index >= 15 is 0 Å². The molecule has 6 nitrogen and oxygen atoms in total. The Kier molecular flexibility index (Phi) is 8.37. The lowest BCUT2D eigenvalue weighted by Crippen LogP contribution is -2.08. The summed E-state index contributed by atoms with van der Waals surface area (Å²) in [6, 6.07) is 9.57. The molecule has 2 rings (SSSR count). The molecule has 27 heavy (non-hydrogen) atoms. The van der Waals surface area contributed by atoms with Crippen LogP contribution in [0.3, 0.4) is 0 Å². The van der Waals surface area contributed by atoms with Gasteiger partial charge in [0.25, 0.3) is 0 Å². The second-order valence-electron chi connectivity index (χ2n) is 5.69. The summed E-state index contributed by atoms with van der Waals surface area (Å²) in [6.07, 6.45) is -0.225. The largest absolute Gasteiger partial charge is 0.497 e. The first-order chi connectivity index (χ1) is 13.1. The lowest BCUT2D eigenvalue weighted by Gasteiger charge is -2.23. The molecule has 0 saturated carbocycles. The van der Waals surface area contributed by atoms with Gasteiger partial charge in [-0.3, -0.25) is 0 Å². The number of halogens is 1. The van der Waals surface area contributed by atoms with Crippen LogP contribution in [-0.2, 0) is 14.2 Å². The van der Waals surface area contributed by atoms with E-state index in [0.717, 1.165) is 26.9 Å². The second-order valence-corrected chi connectivity index (χ2v) is 6.48. The Balaban J connectivity index is 2.73. The fourth-order valence-corrected chi connectivity index (χ4v) is 3.42. The van der Waals surface area contributed by atoms with E-state index in [1.165, 1.54) is 0 Å². The predicted octanol–water partition coefficient (Wildman–Crippen LogP) is 4.80. The maximum absolute atomic E-state index is 5.86. The third-order valence-electron chi connectivity index (χ3n) is 4.01. The van der Waals surface area contributed by atoms with Crippen molar-refractivity contribution in [3.63, 3.8) is 0 Å². The normalized spacial score (nSPS) is 11.9. The van der Waals surface area contributed by atoms with Gasteiger partial charge in [-0.05, 0) is 40.5 Å². The number of methoxy groups -OCH3 is 4. The van der Waals surface area contributed by atoms with Gasteiger partial charge in [0.2, 0.25) is 0 Å². The quantitative estimate of drug-likeness (QED) is 0.494. The fourth-order valence-electron chi connectivity index (χ4n) is 2.67. The zero-order valence-corrected chi connectivity index (χ0v) is 17.8. The van der Waals surface area contributed by atoms with E-state index in [4.69, 9.17) is 28.4 Å². The molecule has 148 valence electrons. The summed E-state index contributed by atoms with van der Waals surface area (Å²) in [6.45, 7) is 2.18. The van der Waals surface area contributed by atoms with Crippen molar-refractivity contribution < 1.29 is 28.4 Å². The van der Waals surface area contributed by atoms with Crippen molar-refractivity contribution in [1.29, 1.82) is 0 Å². The number of benzene rings is 2. The van der Waals surface area contributed by atoms with Gasteiger partial charge < -0.3 is 28.4 Å². The van der Waals surface area contributed by atoms with Crippen LogP contribution in [0.4, 0.5) is 0 Å². The molecule has 0 amide bonds. The van der Waals surface area contributed by atoms with Gasteiger partial charge in [0, 0.05) is 38.5 Å². The van der Waals surface area contributed by atoms with Gasteiger partial charge in [0.1, 0.15) is 17.2 Å². The Hall–Kier alpha value is -1.80. The van der Waals surface area contributed by atoms with Crippen molar-refractivity contribution in [2.45, 2.75) is 13.0 Å². The second kappa shape index (κ2) is 10.5. The van der Waals surface area contributed by atoms with Crippen molar-refractivity contribution in [2.24, 2.45) is 0 Å². The Morgan fingerprint density at radius 1 is 0.926 bits per heavy atom. The summed E-state index contributed by atoms with van der Waals surface area (Å²) in [5.74, 6) is 1.95. The lowest BCUT2D eigenvalue weighted by molar-refractivity contribution is 0.0451. The van der Waals surface area contributed by atoms with Gasteiger partial charge in [0.15, 0.2) is 13.6 Å². The smallest absolute Gasteiger partial charge is 0.188 e. The van der Waals surface area contributed by atoms with E-state index in [2.05, 4.69) is 15.9 Å². The first-order valence-electron chi connectivity index (χ1n) is 8.34. The van der Waals surface area contributed by atoms with Crippen molar-refractivity contribution in [3.8, 4) is 28.4 Å². The van der Waals surface area contributed by atoms with Crippen molar-refractivity contribution in [1.82, 2.24) is 0 Å². The van der Waals surface area contributed by atoms with E-state index in [0.29, 0.717) is 11.5 Å². The van der Waals surface area contributed by atoms with Crippen LogP contribution in [-0.4, -0.2) is 42.0 Å². The molecule has 0 saturated heterocycles. The van der Waals surface area contributed by atoms with Gasteiger partial charge in [-0.25, -0.2) is 0 Å². The number of hydrogen-bond donors (Lipinski definition) is 0. The van der Waals surface area contributed by atoms with Gasteiger partial charge >= 0.3 is 0 Å². The molecule has 0 aliphatic rings. The molecule has 0 aliphatic carbocycles. The Morgan fingerprint density at radius 2 is 1.59 bits per heavy atom. The van der Waals surface area contributed by atoms with Crippen LogP contribution in [0.1, 0.15) is 18.6 Å². The summed E-state index contributed by atoms with van der Waals surface area (Å²) < 4.78 is 33.5. The Morgan fingerprint density at radius 3 is 2.19 bits per heavy atom. The van der Waals surface area contributed by atoms with E-state index in [1.54, 1.807) is 28.4 Å². The Bertz CT molecular complexity index is 749. The predicted molar refractivity (Wildman–Crippen MR) is 107 cm³/mol. The molecular weight excluding hydrogens is 416 g/mol. The minimum atomic E-state index is -0.225. The molecule has 0 aromatic heterocycles. The van der Waals surface area contributed by atoms with E-state index < -0.39 is 0 Å². The molecule has 0 N–H and O–H groups in total. The number of hydrogen-bond acceptors (Lipinski definition) is 6. The number of rotatable bonds is 10. The molecular formula is C20H25BrO6. The van der Waals surface area contributed by atoms with Crippen molar-refractivity contribution in [3.05, 3.63) is 40.4 Å². The maximum atomic E-state index is 5.86. The SMILES string of the molecule is COCOc1cc(OCOC)c(-c2cccc(OC)c2)c(C(C)OC)c1Br. The molecule has 2 aromatic rings. The van der Waals surface area contributed by atoms with Gasteiger partial charge in [0.05, 0.1) is 17.7 Å².